The fraction of sp³-hybridized carbons (Fsp3) is 0.778. The molecule has 0 spiro atoms. The number of allylic oxidation sites excluding steroid dienone is 14. The molecular formula is C81H144O17P2. The SMILES string of the molecule is CCCCC/C=C\C/C=C\C/C=C\C/C=C\CCCC(=O)O[C@H](COC(=O)CCCCCCC/C=C\C=C/CCCCCC)COP(=O)(O)OC[C@H](O)COP(=O)(O)OC[C@@H](COC(=O)CCCCCCC/C=C\CCCCCCCC)OC(=O)CCCCCCCCCCCCCCC. The molecule has 0 saturated carbocycles. The molecule has 0 aliphatic carbocycles. The minimum atomic E-state index is -4.99. The standard InChI is InChI=1S/C81H144O17P2/c1-5-9-13-17-21-25-29-33-36-37-40-44-48-52-56-60-64-68-81(86)98-77(72-92-79(84)66-62-58-54-50-46-43-39-35-31-27-23-19-15-11-7-3)74-96-100(89,90)94-70-75(82)69-93-99(87,88)95-73-76(97-80(85)67-63-59-55-51-47-41-32-28-24-20-16-12-8-4)71-91-78(83)65-61-57-53-49-45-42-38-34-30-26-22-18-14-10-6-2/h21,25,27,31,33-36,38-40,44,52,56,75-77,82H,5-20,22-24,26,28-30,32,37,41-43,45-51,53-55,57-74H2,1-4H3,(H,87,88)(H,89,90)/b25-21-,31-27-,36-33-,38-34-,39-35-,44-40-,56-52-/t75-,76-,77-/m1/s1. The van der Waals surface area contributed by atoms with Gasteiger partial charge in [0.15, 0.2) is 12.2 Å². The van der Waals surface area contributed by atoms with Crippen molar-refractivity contribution in [3.05, 3.63) is 85.1 Å². The molecule has 0 heterocycles. The van der Waals surface area contributed by atoms with Crippen LogP contribution in [0.5, 0.6) is 0 Å². The first-order valence-corrected chi connectivity index (χ1v) is 42.8. The van der Waals surface area contributed by atoms with Gasteiger partial charge in [0, 0.05) is 25.7 Å². The molecule has 580 valence electrons. The molecule has 0 aliphatic rings. The summed E-state index contributed by atoms with van der Waals surface area (Å²) >= 11 is 0. The number of phosphoric ester groups is 2. The molecule has 3 N–H and O–H groups in total. The van der Waals surface area contributed by atoms with Gasteiger partial charge in [-0.25, -0.2) is 9.13 Å². The van der Waals surface area contributed by atoms with E-state index in [1.165, 1.54) is 135 Å². The summed E-state index contributed by atoms with van der Waals surface area (Å²) in [6, 6.07) is 0. The Morgan fingerprint density at radius 2 is 0.530 bits per heavy atom. The molecule has 0 rings (SSSR count). The third-order valence-electron chi connectivity index (χ3n) is 16.9. The van der Waals surface area contributed by atoms with Crippen LogP contribution in [0.3, 0.4) is 0 Å². The van der Waals surface area contributed by atoms with Crippen molar-refractivity contribution in [2.45, 2.75) is 367 Å². The van der Waals surface area contributed by atoms with Crippen LogP contribution in [0, 0.1) is 0 Å². The summed E-state index contributed by atoms with van der Waals surface area (Å²) in [6.45, 7) is 4.78. The number of hydrogen-bond donors (Lipinski definition) is 3. The highest BCUT2D eigenvalue weighted by Gasteiger charge is 2.30. The normalized spacial score (nSPS) is 14.3. The van der Waals surface area contributed by atoms with Crippen molar-refractivity contribution in [3.63, 3.8) is 0 Å². The van der Waals surface area contributed by atoms with E-state index in [0.29, 0.717) is 32.1 Å². The Bertz CT molecular complexity index is 2230. The number of esters is 4. The monoisotopic (exact) mass is 1450 g/mol. The fourth-order valence-corrected chi connectivity index (χ4v) is 12.3. The van der Waals surface area contributed by atoms with Crippen molar-refractivity contribution in [1.29, 1.82) is 0 Å². The Balaban J connectivity index is 5.40. The maximum absolute atomic E-state index is 13.1. The van der Waals surface area contributed by atoms with E-state index < -0.39 is 97.5 Å². The molecular weight excluding hydrogens is 1310 g/mol. The summed E-state index contributed by atoms with van der Waals surface area (Å²) in [7, 11) is -9.97. The first kappa shape index (κ1) is 96.2. The summed E-state index contributed by atoms with van der Waals surface area (Å²) in [5.41, 5.74) is 0. The molecule has 0 bridgehead atoms. The summed E-state index contributed by atoms with van der Waals surface area (Å²) in [4.78, 5) is 72.9. The second kappa shape index (κ2) is 73.5. The van der Waals surface area contributed by atoms with Gasteiger partial charge in [-0.05, 0) is 116 Å². The van der Waals surface area contributed by atoms with E-state index in [9.17, 15) is 43.2 Å². The van der Waals surface area contributed by atoms with Crippen molar-refractivity contribution in [2.24, 2.45) is 0 Å². The van der Waals surface area contributed by atoms with Crippen molar-refractivity contribution < 1.29 is 80.2 Å². The second-order valence-corrected chi connectivity index (χ2v) is 29.6. The molecule has 17 nitrogen and oxygen atoms in total. The first-order valence-electron chi connectivity index (χ1n) is 39.8. The number of unbranched alkanes of at least 4 members (excludes halogenated alkanes) is 36. The average Bonchev–Trinajstić information content (AvgIpc) is 0.962. The van der Waals surface area contributed by atoms with Gasteiger partial charge in [-0.2, -0.15) is 0 Å². The van der Waals surface area contributed by atoms with Crippen LogP contribution in [-0.2, 0) is 65.4 Å². The molecule has 0 fully saturated rings. The van der Waals surface area contributed by atoms with Gasteiger partial charge in [0.2, 0.25) is 0 Å². The van der Waals surface area contributed by atoms with E-state index in [1.54, 1.807) is 0 Å². The molecule has 0 amide bonds. The fourth-order valence-electron chi connectivity index (χ4n) is 10.7. The highest BCUT2D eigenvalue weighted by atomic mass is 31.2. The first-order chi connectivity index (χ1) is 48.7. The maximum Gasteiger partial charge on any atom is 0.472 e. The predicted octanol–water partition coefficient (Wildman–Crippen LogP) is 23.0. The van der Waals surface area contributed by atoms with E-state index in [-0.39, 0.29) is 25.7 Å². The Morgan fingerprint density at radius 1 is 0.290 bits per heavy atom. The van der Waals surface area contributed by atoms with Gasteiger partial charge in [0.1, 0.15) is 19.3 Å². The molecule has 2 unspecified atom stereocenters. The van der Waals surface area contributed by atoms with E-state index in [2.05, 4.69) is 101 Å². The molecule has 100 heavy (non-hydrogen) atoms. The Labute approximate surface area is 608 Å². The molecule has 5 atom stereocenters. The quantitative estimate of drug-likeness (QED) is 0.0128. The lowest BCUT2D eigenvalue weighted by Crippen LogP contribution is -2.30. The largest absolute Gasteiger partial charge is 0.472 e. The van der Waals surface area contributed by atoms with E-state index in [4.69, 9.17) is 37.0 Å². The van der Waals surface area contributed by atoms with E-state index in [0.717, 1.165) is 128 Å². The van der Waals surface area contributed by atoms with Gasteiger partial charge in [-0.15, -0.1) is 0 Å². The lowest BCUT2D eigenvalue weighted by molar-refractivity contribution is -0.161. The summed E-state index contributed by atoms with van der Waals surface area (Å²) in [5, 5.41) is 10.6. The zero-order chi connectivity index (χ0) is 73.2. The second-order valence-electron chi connectivity index (χ2n) is 26.7. The van der Waals surface area contributed by atoms with Crippen molar-refractivity contribution in [1.82, 2.24) is 0 Å². The van der Waals surface area contributed by atoms with Crippen molar-refractivity contribution in [3.8, 4) is 0 Å². The zero-order valence-corrected chi connectivity index (χ0v) is 65.2. The number of ether oxygens (including phenoxy) is 4. The van der Waals surface area contributed by atoms with E-state index in [1.807, 2.05) is 12.2 Å². The van der Waals surface area contributed by atoms with Crippen molar-refractivity contribution >= 4 is 39.5 Å². The third kappa shape index (κ3) is 72.6. The van der Waals surface area contributed by atoms with Gasteiger partial charge in [0.25, 0.3) is 0 Å². The number of phosphoric acid groups is 2. The Kier molecular flexibility index (Phi) is 70.8. The lowest BCUT2D eigenvalue weighted by atomic mass is 10.0. The van der Waals surface area contributed by atoms with Gasteiger partial charge in [-0.1, -0.05) is 293 Å². The highest BCUT2D eigenvalue weighted by molar-refractivity contribution is 7.47. The topological polar surface area (TPSA) is 237 Å². The molecule has 0 radical (unpaired) electrons. The van der Waals surface area contributed by atoms with Gasteiger partial charge >= 0.3 is 39.5 Å². The Hall–Kier alpha value is -3.76. The molecule has 0 aromatic rings. The van der Waals surface area contributed by atoms with Crippen LogP contribution in [0.2, 0.25) is 0 Å². The van der Waals surface area contributed by atoms with Crippen LogP contribution in [0.25, 0.3) is 0 Å². The number of aliphatic hydroxyl groups excluding tert-OH is 1. The lowest BCUT2D eigenvalue weighted by Gasteiger charge is -2.21. The van der Waals surface area contributed by atoms with E-state index >= 15 is 0 Å². The highest BCUT2D eigenvalue weighted by Crippen LogP contribution is 2.45. The van der Waals surface area contributed by atoms with Crippen LogP contribution in [0.1, 0.15) is 349 Å². The van der Waals surface area contributed by atoms with Crippen LogP contribution >= 0.6 is 15.6 Å². The predicted molar refractivity (Wildman–Crippen MR) is 409 cm³/mol. The van der Waals surface area contributed by atoms with Crippen LogP contribution < -0.4 is 0 Å². The number of aliphatic hydroxyl groups is 1. The smallest absolute Gasteiger partial charge is 0.462 e. The maximum atomic E-state index is 13.1. The van der Waals surface area contributed by atoms with Crippen LogP contribution in [-0.4, -0.2) is 96.7 Å². The van der Waals surface area contributed by atoms with Crippen LogP contribution in [0.15, 0.2) is 85.1 Å². The Morgan fingerprint density at radius 3 is 0.890 bits per heavy atom. The summed E-state index contributed by atoms with van der Waals surface area (Å²) in [6.07, 6.45) is 75.7. The average molecular weight is 1450 g/mol. The summed E-state index contributed by atoms with van der Waals surface area (Å²) in [5.74, 6) is -2.24. The number of rotatable bonds is 75. The van der Waals surface area contributed by atoms with Gasteiger partial charge in [-0.3, -0.25) is 37.3 Å². The number of carbonyl (C=O) groups is 4. The third-order valence-corrected chi connectivity index (χ3v) is 18.8. The molecule has 0 aromatic carbocycles. The van der Waals surface area contributed by atoms with Gasteiger partial charge < -0.3 is 33.8 Å². The van der Waals surface area contributed by atoms with Crippen molar-refractivity contribution in [2.75, 3.05) is 39.6 Å². The number of hydrogen-bond acceptors (Lipinski definition) is 15. The molecule has 0 aromatic heterocycles. The molecule has 19 heteroatoms. The minimum Gasteiger partial charge on any atom is -0.462 e. The molecule has 0 aliphatic heterocycles. The number of carbonyl (C=O) groups excluding carboxylic acids is 4. The zero-order valence-electron chi connectivity index (χ0n) is 63.4. The minimum absolute atomic E-state index is 0.0169. The molecule has 0 saturated heterocycles. The summed E-state index contributed by atoms with van der Waals surface area (Å²) < 4.78 is 68.5. The van der Waals surface area contributed by atoms with Crippen LogP contribution in [0.4, 0.5) is 0 Å². The van der Waals surface area contributed by atoms with Gasteiger partial charge in [0.05, 0.1) is 26.4 Å².